The maximum absolute atomic E-state index is 13.9. The molecule has 27 heavy (non-hydrogen) atoms. The van der Waals surface area contributed by atoms with Crippen molar-refractivity contribution in [1.29, 1.82) is 0 Å². The van der Waals surface area contributed by atoms with Crippen LogP contribution in [0.15, 0.2) is 42.5 Å². The zero-order valence-corrected chi connectivity index (χ0v) is 15.4. The van der Waals surface area contributed by atoms with Gasteiger partial charge in [0.2, 0.25) is 0 Å². The van der Waals surface area contributed by atoms with Crippen LogP contribution in [0.5, 0.6) is 5.75 Å². The van der Waals surface area contributed by atoms with Crippen molar-refractivity contribution in [1.82, 2.24) is 4.90 Å². The molecule has 3 rings (SSSR count). The highest BCUT2D eigenvalue weighted by atomic mass is 35.5. The van der Waals surface area contributed by atoms with Crippen LogP contribution in [-0.2, 0) is 0 Å². The molecule has 0 spiro atoms. The van der Waals surface area contributed by atoms with Gasteiger partial charge in [0.1, 0.15) is 29.6 Å². The number of rotatable bonds is 4. The van der Waals surface area contributed by atoms with Gasteiger partial charge in [-0.3, -0.25) is 4.79 Å². The number of aliphatic hydroxyl groups is 1. The molecule has 0 aromatic heterocycles. The van der Waals surface area contributed by atoms with E-state index in [9.17, 15) is 18.7 Å². The summed E-state index contributed by atoms with van der Waals surface area (Å²) in [6.45, 7) is 0.641. The average Bonchev–Trinajstić information content (AvgIpc) is 2.84. The second-order valence-electron chi connectivity index (χ2n) is 6.74. The van der Waals surface area contributed by atoms with Gasteiger partial charge in [-0.2, -0.15) is 0 Å². The van der Waals surface area contributed by atoms with Gasteiger partial charge < -0.3 is 14.7 Å². The van der Waals surface area contributed by atoms with Crippen LogP contribution in [0.2, 0.25) is 5.02 Å². The number of nitrogens with zero attached hydrogens (tertiary/aromatic N) is 1. The maximum atomic E-state index is 13.9. The summed E-state index contributed by atoms with van der Waals surface area (Å²) in [6, 6.07) is 9.69. The Morgan fingerprint density at radius 3 is 2.78 bits per heavy atom. The molecular formula is C20H20ClF2NO3. The molecule has 0 aliphatic carbocycles. The summed E-state index contributed by atoms with van der Waals surface area (Å²) in [5.74, 6) is -1.45. The van der Waals surface area contributed by atoms with Crippen LogP contribution in [-0.4, -0.2) is 41.2 Å². The van der Waals surface area contributed by atoms with Gasteiger partial charge in [-0.1, -0.05) is 17.7 Å². The second-order valence-corrected chi connectivity index (χ2v) is 7.18. The number of hydrogen-bond donors (Lipinski definition) is 1. The van der Waals surface area contributed by atoms with Crippen molar-refractivity contribution in [2.75, 3.05) is 19.7 Å². The fourth-order valence-corrected chi connectivity index (χ4v) is 3.31. The highest BCUT2D eigenvalue weighted by Gasteiger charge is 2.33. The lowest BCUT2D eigenvalue weighted by molar-refractivity contribution is -0.0163. The molecule has 4 nitrogen and oxygen atoms in total. The number of likely N-dealkylation sites (tertiary alicyclic amines) is 1. The summed E-state index contributed by atoms with van der Waals surface area (Å²) in [6.07, 6.45) is 1.23. The van der Waals surface area contributed by atoms with Crippen LogP contribution in [0.1, 0.15) is 29.6 Å². The van der Waals surface area contributed by atoms with Crippen LogP contribution in [0.25, 0.3) is 0 Å². The summed E-state index contributed by atoms with van der Waals surface area (Å²) in [5, 5.41) is 11.4. The number of carbonyl (C=O) groups is 1. The van der Waals surface area contributed by atoms with Gasteiger partial charge in [0, 0.05) is 18.1 Å². The van der Waals surface area contributed by atoms with E-state index in [2.05, 4.69) is 0 Å². The Bertz CT molecular complexity index is 833. The summed E-state index contributed by atoms with van der Waals surface area (Å²) in [5.41, 5.74) is -1.41. The van der Waals surface area contributed by atoms with Gasteiger partial charge in [0.15, 0.2) is 0 Å². The second kappa shape index (κ2) is 8.23. The summed E-state index contributed by atoms with van der Waals surface area (Å²) < 4.78 is 32.9. The van der Waals surface area contributed by atoms with E-state index in [1.54, 1.807) is 24.3 Å². The first-order chi connectivity index (χ1) is 12.9. The lowest BCUT2D eigenvalue weighted by atomic mass is 9.96. The first kappa shape index (κ1) is 19.6. The van der Waals surface area contributed by atoms with E-state index >= 15 is 0 Å². The predicted molar refractivity (Wildman–Crippen MR) is 98.0 cm³/mol. The molecule has 1 atom stereocenters. The zero-order chi connectivity index (χ0) is 19.4. The van der Waals surface area contributed by atoms with Crippen molar-refractivity contribution >= 4 is 17.5 Å². The quantitative estimate of drug-likeness (QED) is 0.849. The monoisotopic (exact) mass is 395 g/mol. The Kier molecular flexibility index (Phi) is 5.97. The average molecular weight is 396 g/mol. The Hall–Kier alpha value is -2.18. The first-order valence-corrected chi connectivity index (χ1v) is 9.09. The number of hydrogen-bond acceptors (Lipinski definition) is 3. The number of benzene rings is 2. The third-order valence-corrected chi connectivity index (χ3v) is 4.90. The minimum absolute atomic E-state index is 0.0592. The minimum Gasteiger partial charge on any atom is -0.491 e. The standard InChI is InChI=1S/C20H20ClF2NO3/c21-14-3-1-4-16(11-14)27-13-20(26)7-2-9-24(10-8-20)19(25)17-12-15(22)5-6-18(17)23/h1,3-6,11-12,26H,2,7-10,13H2. The van der Waals surface area contributed by atoms with Gasteiger partial charge >= 0.3 is 0 Å². The predicted octanol–water partition coefficient (Wildman–Crippen LogP) is 4.05. The molecule has 1 aliphatic rings. The molecule has 1 aliphatic heterocycles. The molecule has 2 aromatic carbocycles. The SMILES string of the molecule is O=C(c1cc(F)ccc1F)N1CCCC(O)(COc2cccc(Cl)c2)CC1. The third kappa shape index (κ3) is 4.96. The van der Waals surface area contributed by atoms with Crippen molar-refractivity contribution in [3.05, 3.63) is 64.7 Å². The van der Waals surface area contributed by atoms with E-state index in [4.69, 9.17) is 16.3 Å². The lowest BCUT2D eigenvalue weighted by Gasteiger charge is -2.27. The molecule has 144 valence electrons. The topological polar surface area (TPSA) is 49.8 Å². The fraction of sp³-hybridized carbons (Fsp3) is 0.350. The number of carbonyl (C=O) groups excluding carboxylic acids is 1. The van der Waals surface area contributed by atoms with Crippen LogP contribution in [0.3, 0.4) is 0 Å². The van der Waals surface area contributed by atoms with Gasteiger partial charge in [-0.15, -0.1) is 0 Å². The number of ether oxygens (including phenoxy) is 1. The molecule has 1 fully saturated rings. The molecule has 1 N–H and O–H groups in total. The Labute approximate surface area is 161 Å². The van der Waals surface area contributed by atoms with Crippen molar-refractivity contribution in [2.45, 2.75) is 24.9 Å². The summed E-state index contributed by atoms with van der Waals surface area (Å²) in [7, 11) is 0. The molecule has 0 bridgehead atoms. The molecular weight excluding hydrogens is 376 g/mol. The molecule has 1 amide bonds. The lowest BCUT2D eigenvalue weighted by Crippen LogP contribution is -2.38. The molecule has 1 saturated heterocycles. The molecule has 0 radical (unpaired) electrons. The molecule has 0 saturated carbocycles. The normalized spacial score (nSPS) is 20.2. The maximum Gasteiger partial charge on any atom is 0.256 e. The van der Waals surface area contributed by atoms with Gasteiger partial charge in [-0.25, -0.2) is 8.78 Å². The van der Waals surface area contributed by atoms with Gasteiger partial charge in [0.25, 0.3) is 5.91 Å². The van der Waals surface area contributed by atoms with Crippen LogP contribution < -0.4 is 4.74 Å². The van der Waals surface area contributed by atoms with Crippen LogP contribution in [0.4, 0.5) is 8.78 Å². The number of amides is 1. The zero-order valence-electron chi connectivity index (χ0n) is 14.6. The van der Waals surface area contributed by atoms with Crippen molar-refractivity contribution < 1.29 is 23.4 Å². The van der Waals surface area contributed by atoms with E-state index in [0.717, 1.165) is 18.2 Å². The number of halogens is 3. The van der Waals surface area contributed by atoms with E-state index in [-0.39, 0.29) is 25.1 Å². The summed E-state index contributed by atoms with van der Waals surface area (Å²) >= 11 is 5.92. The van der Waals surface area contributed by atoms with Crippen molar-refractivity contribution in [2.24, 2.45) is 0 Å². The van der Waals surface area contributed by atoms with E-state index in [1.807, 2.05) is 0 Å². The minimum atomic E-state index is -1.11. The highest BCUT2D eigenvalue weighted by molar-refractivity contribution is 6.30. The van der Waals surface area contributed by atoms with Crippen LogP contribution in [0, 0.1) is 11.6 Å². The fourth-order valence-electron chi connectivity index (χ4n) is 3.13. The Balaban J connectivity index is 1.64. The smallest absolute Gasteiger partial charge is 0.256 e. The van der Waals surface area contributed by atoms with Crippen LogP contribution >= 0.6 is 11.6 Å². The Morgan fingerprint density at radius 1 is 1.19 bits per heavy atom. The van der Waals surface area contributed by atoms with Crippen molar-refractivity contribution in [3.63, 3.8) is 0 Å². The van der Waals surface area contributed by atoms with E-state index < -0.39 is 23.1 Å². The molecule has 1 heterocycles. The highest BCUT2D eigenvalue weighted by Crippen LogP contribution is 2.26. The van der Waals surface area contributed by atoms with Crippen molar-refractivity contribution in [3.8, 4) is 5.75 Å². The third-order valence-electron chi connectivity index (χ3n) is 4.67. The molecule has 2 aromatic rings. The summed E-state index contributed by atoms with van der Waals surface area (Å²) in [4.78, 5) is 14.0. The van der Waals surface area contributed by atoms with E-state index in [1.165, 1.54) is 4.90 Å². The Morgan fingerprint density at radius 2 is 2.00 bits per heavy atom. The molecule has 1 unspecified atom stereocenters. The first-order valence-electron chi connectivity index (χ1n) is 8.71. The van der Waals surface area contributed by atoms with E-state index in [0.29, 0.717) is 30.2 Å². The largest absolute Gasteiger partial charge is 0.491 e. The van der Waals surface area contributed by atoms with Gasteiger partial charge in [-0.05, 0) is 55.7 Å². The van der Waals surface area contributed by atoms with Gasteiger partial charge in [0.05, 0.1) is 5.56 Å². The molecule has 7 heteroatoms.